The van der Waals surface area contributed by atoms with Crippen LogP contribution in [0.15, 0.2) is 23.1 Å². The van der Waals surface area contributed by atoms with E-state index in [0.717, 1.165) is 29.2 Å². The zero-order valence-corrected chi connectivity index (χ0v) is 14.7. The number of para-hydroxylation sites is 1. The number of nitrogens with zero attached hydrogens (tertiary/aromatic N) is 2. The lowest BCUT2D eigenvalue weighted by atomic mass is 10.1. The number of sulfone groups is 1. The largest absolute Gasteiger partial charge is 0.352 e. The molecule has 1 atom stereocenters. The molecule has 23 heavy (non-hydrogen) atoms. The van der Waals surface area contributed by atoms with E-state index >= 15 is 0 Å². The van der Waals surface area contributed by atoms with Crippen molar-refractivity contribution in [2.45, 2.75) is 30.7 Å². The van der Waals surface area contributed by atoms with Gasteiger partial charge >= 0.3 is 0 Å². The Morgan fingerprint density at radius 2 is 2.22 bits per heavy atom. The summed E-state index contributed by atoms with van der Waals surface area (Å²) in [6.07, 6.45) is 3.13. The van der Waals surface area contributed by atoms with Gasteiger partial charge in [-0.2, -0.15) is 0 Å². The average Bonchev–Trinajstić information content (AvgIpc) is 2.89. The molecule has 0 spiro atoms. The Balaban J connectivity index is 1.93. The van der Waals surface area contributed by atoms with Crippen LogP contribution >= 0.6 is 11.3 Å². The van der Waals surface area contributed by atoms with Crippen molar-refractivity contribution in [1.82, 2.24) is 10.3 Å². The number of aromatic nitrogens is 1. The van der Waals surface area contributed by atoms with Crippen LogP contribution in [0.3, 0.4) is 0 Å². The number of hydrogen-bond acceptors (Lipinski definition) is 6. The number of carbonyl (C=O) groups excluding carboxylic acids is 1. The molecule has 1 N–H and O–H groups in total. The van der Waals surface area contributed by atoms with Crippen LogP contribution in [0, 0.1) is 0 Å². The lowest BCUT2D eigenvalue weighted by Gasteiger charge is -2.32. The highest BCUT2D eigenvalue weighted by Crippen LogP contribution is 2.33. The van der Waals surface area contributed by atoms with E-state index in [-0.39, 0.29) is 16.8 Å². The van der Waals surface area contributed by atoms with Crippen molar-refractivity contribution in [3.8, 4) is 0 Å². The fourth-order valence-electron chi connectivity index (χ4n) is 2.90. The topological polar surface area (TPSA) is 79.4 Å². The minimum Gasteiger partial charge on any atom is -0.352 e. The fraction of sp³-hybridized carbons (Fsp3) is 0.467. The summed E-state index contributed by atoms with van der Waals surface area (Å²) in [6, 6.07) is 5.34. The number of nitrogens with one attached hydrogen (secondary N) is 1. The van der Waals surface area contributed by atoms with Gasteiger partial charge in [0.2, 0.25) is 5.91 Å². The monoisotopic (exact) mass is 353 g/mol. The molecular weight excluding hydrogens is 334 g/mol. The number of fused-ring (bicyclic) bond motifs is 1. The summed E-state index contributed by atoms with van der Waals surface area (Å²) in [4.78, 5) is 18.2. The Kier molecular flexibility index (Phi) is 4.29. The maximum absolute atomic E-state index is 11.9. The van der Waals surface area contributed by atoms with Gasteiger partial charge in [-0.25, -0.2) is 13.4 Å². The van der Waals surface area contributed by atoms with Gasteiger partial charge in [0.25, 0.3) is 0 Å². The van der Waals surface area contributed by atoms with Gasteiger partial charge in [-0.1, -0.05) is 17.4 Å². The van der Waals surface area contributed by atoms with Crippen LogP contribution in [-0.4, -0.2) is 44.7 Å². The van der Waals surface area contributed by atoms with Crippen molar-refractivity contribution in [1.29, 1.82) is 0 Å². The highest BCUT2D eigenvalue weighted by atomic mass is 32.2. The molecule has 1 saturated heterocycles. The van der Waals surface area contributed by atoms with Gasteiger partial charge in [0, 0.05) is 32.3 Å². The molecule has 1 unspecified atom stereocenters. The Morgan fingerprint density at radius 1 is 1.43 bits per heavy atom. The van der Waals surface area contributed by atoms with E-state index < -0.39 is 9.84 Å². The molecule has 1 amide bonds. The molecule has 0 aliphatic carbocycles. The molecule has 1 aliphatic heterocycles. The van der Waals surface area contributed by atoms with Crippen LogP contribution in [0.1, 0.15) is 19.8 Å². The fourth-order valence-corrected chi connectivity index (χ4v) is 4.83. The summed E-state index contributed by atoms with van der Waals surface area (Å²) >= 11 is 1.49. The van der Waals surface area contributed by atoms with Gasteiger partial charge in [-0.15, -0.1) is 0 Å². The number of anilines is 1. The molecule has 6 nitrogen and oxygen atoms in total. The lowest BCUT2D eigenvalue weighted by Crippen LogP contribution is -2.47. The SMILES string of the molecule is CC(=O)NC1CCCN(c2nc3c(S(C)(=O)=O)cccc3s2)C1. The van der Waals surface area contributed by atoms with E-state index in [2.05, 4.69) is 15.2 Å². The number of hydrogen-bond donors (Lipinski definition) is 1. The van der Waals surface area contributed by atoms with Gasteiger partial charge in [-0.05, 0) is 25.0 Å². The summed E-state index contributed by atoms with van der Waals surface area (Å²) in [5.41, 5.74) is 0.539. The zero-order chi connectivity index (χ0) is 16.6. The van der Waals surface area contributed by atoms with Crippen LogP contribution < -0.4 is 10.2 Å². The summed E-state index contributed by atoms with van der Waals surface area (Å²) in [6.45, 7) is 3.09. The first-order valence-corrected chi connectivity index (χ1v) is 10.2. The van der Waals surface area contributed by atoms with Gasteiger partial charge in [0.05, 0.1) is 9.60 Å². The number of amides is 1. The second-order valence-electron chi connectivity index (χ2n) is 5.86. The Hall–Kier alpha value is -1.67. The summed E-state index contributed by atoms with van der Waals surface area (Å²) in [7, 11) is -3.30. The molecule has 1 aliphatic rings. The van der Waals surface area contributed by atoms with Crippen LogP contribution in [0.25, 0.3) is 10.2 Å². The number of rotatable bonds is 3. The smallest absolute Gasteiger partial charge is 0.217 e. The Morgan fingerprint density at radius 3 is 2.91 bits per heavy atom. The van der Waals surface area contributed by atoms with Crippen molar-refractivity contribution in [2.24, 2.45) is 0 Å². The van der Waals surface area contributed by atoms with Crippen molar-refractivity contribution >= 4 is 42.4 Å². The predicted octanol–water partition coefficient (Wildman–Crippen LogP) is 1.80. The third kappa shape index (κ3) is 3.48. The normalized spacial score (nSPS) is 19.0. The van der Waals surface area contributed by atoms with E-state index in [0.29, 0.717) is 12.1 Å². The van der Waals surface area contributed by atoms with Crippen LogP contribution in [0.5, 0.6) is 0 Å². The van der Waals surface area contributed by atoms with Crippen LogP contribution in [0.4, 0.5) is 5.13 Å². The molecule has 1 fully saturated rings. The molecular formula is C15H19N3O3S2. The second kappa shape index (κ2) is 6.09. The molecule has 1 aromatic heterocycles. The summed E-state index contributed by atoms with van der Waals surface area (Å²) in [5, 5.41) is 3.76. The van der Waals surface area contributed by atoms with E-state index in [1.54, 1.807) is 12.1 Å². The lowest BCUT2D eigenvalue weighted by molar-refractivity contribution is -0.119. The van der Waals surface area contributed by atoms with E-state index in [1.165, 1.54) is 24.5 Å². The first kappa shape index (κ1) is 16.2. The Bertz CT molecular complexity index is 845. The van der Waals surface area contributed by atoms with Gasteiger partial charge in [-0.3, -0.25) is 4.79 Å². The number of thiazole rings is 1. The third-order valence-corrected chi connectivity index (χ3v) is 6.08. The molecule has 2 aromatic rings. The van der Waals surface area contributed by atoms with Crippen LogP contribution in [-0.2, 0) is 14.6 Å². The molecule has 8 heteroatoms. The zero-order valence-electron chi connectivity index (χ0n) is 13.1. The number of carbonyl (C=O) groups is 1. The third-order valence-electron chi connectivity index (χ3n) is 3.87. The highest BCUT2D eigenvalue weighted by molar-refractivity contribution is 7.91. The molecule has 2 heterocycles. The minimum atomic E-state index is -3.30. The van der Waals surface area contributed by atoms with Crippen LogP contribution in [0.2, 0.25) is 0 Å². The molecule has 0 bridgehead atoms. The van der Waals surface area contributed by atoms with Gasteiger partial charge in [0.1, 0.15) is 5.52 Å². The van der Waals surface area contributed by atoms with Gasteiger partial charge < -0.3 is 10.2 Å². The molecule has 0 radical (unpaired) electrons. The predicted molar refractivity (Wildman–Crippen MR) is 91.8 cm³/mol. The maximum atomic E-state index is 11.9. The quantitative estimate of drug-likeness (QED) is 0.910. The van der Waals surface area contributed by atoms with Crippen molar-refractivity contribution in [3.05, 3.63) is 18.2 Å². The molecule has 124 valence electrons. The number of piperidine rings is 1. The van der Waals surface area contributed by atoms with Crippen molar-refractivity contribution in [3.63, 3.8) is 0 Å². The first-order chi connectivity index (χ1) is 10.8. The minimum absolute atomic E-state index is 0.0273. The first-order valence-electron chi connectivity index (χ1n) is 7.46. The molecule has 0 saturated carbocycles. The summed E-state index contributed by atoms with van der Waals surface area (Å²) < 4.78 is 24.7. The van der Waals surface area contributed by atoms with E-state index in [9.17, 15) is 13.2 Å². The van der Waals surface area contributed by atoms with E-state index in [1.807, 2.05) is 6.07 Å². The maximum Gasteiger partial charge on any atom is 0.217 e. The van der Waals surface area contributed by atoms with Crippen molar-refractivity contribution < 1.29 is 13.2 Å². The van der Waals surface area contributed by atoms with Gasteiger partial charge in [0.15, 0.2) is 15.0 Å². The second-order valence-corrected chi connectivity index (χ2v) is 8.85. The summed E-state index contributed by atoms with van der Waals surface area (Å²) in [5.74, 6) is -0.0273. The van der Waals surface area contributed by atoms with E-state index in [4.69, 9.17) is 0 Å². The standard InChI is InChI=1S/C15H19N3O3S2/c1-10(19)16-11-5-4-8-18(9-11)15-17-14-12(22-15)6-3-7-13(14)23(2,20)21/h3,6-7,11H,4-5,8-9H2,1-2H3,(H,16,19). The highest BCUT2D eigenvalue weighted by Gasteiger charge is 2.24. The average molecular weight is 353 g/mol. The Labute approximate surface area is 139 Å². The number of benzene rings is 1. The molecule has 1 aromatic carbocycles. The van der Waals surface area contributed by atoms with Crippen molar-refractivity contribution in [2.75, 3.05) is 24.2 Å². The molecule has 3 rings (SSSR count).